The highest BCUT2D eigenvalue weighted by Crippen LogP contribution is 2.41. The lowest BCUT2D eigenvalue weighted by Gasteiger charge is -2.13. The molecule has 8 aromatic rings. The lowest BCUT2D eigenvalue weighted by atomic mass is 9.94. The van der Waals surface area contributed by atoms with E-state index in [1.807, 2.05) is 54.7 Å². The average molecular weight is 747 g/mol. The van der Waals surface area contributed by atoms with Crippen molar-refractivity contribution < 1.29 is 4.74 Å². The Labute approximate surface area is 337 Å². The first-order chi connectivity index (χ1) is 28.7. The lowest BCUT2D eigenvalue weighted by Crippen LogP contribution is -2.05. The quantitative estimate of drug-likeness (QED) is 0.172. The monoisotopic (exact) mass is 746 g/mol. The van der Waals surface area contributed by atoms with Crippen LogP contribution in [0.15, 0.2) is 210 Å². The zero-order chi connectivity index (χ0) is 38.8. The molecule has 1 aromatic heterocycles. The second kappa shape index (κ2) is 15.1. The predicted octanol–water partition coefficient (Wildman–Crippen LogP) is 12.9. The van der Waals surface area contributed by atoms with Crippen molar-refractivity contribution >= 4 is 63.0 Å². The number of rotatable bonds is 6. The maximum absolute atomic E-state index is 6.84. The number of ether oxygens (including phenoxy) is 1. The summed E-state index contributed by atoms with van der Waals surface area (Å²) in [5.41, 5.74) is 14.0. The van der Waals surface area contributed by atoms with Crippen LogP contribution in [0.5, 0.6) is 5.75 Å². The van der Waals surface area contributed by atoms with E-state index < -0.39 is 0 Å². The summed E-state index contributed by atoms with van der Waals surface area (Å²) in [5.74, 6) is 1.31. The molecule has 10 rings (SSSR count). The summed E-state index contributed by atoms with van der Waals surface area (Å²) in [6.45, 7) is 4.47. The number of allylic oxidation sites excluding steroid dienone is 5. The minimum absolute atomic E-state index is 0.498. The van der Waals surface area contributed by atoms with E-state index in [0.29, 0.717) is 23.8 Å². The Bertz CT molecular complexity index is 2980. The second-order valence-corrected chi connectivity index (χ2v) is 14.3. The summed E-state index contributed by atoms with van der Waals surface area (Å²) in [5, 5.41) is 6.04. The number of aromatic nitrogens is 1. The molecular formula is C53H38N4O. The molecule has 0 unspecified atom stereocenters. The first-order valence-corrected chi connectivity index (χ1v) is 19.4. The normalized spacial score (nSPS) is 17.3. The molecule has 7 aromatic carbocycles. The van der Waals surface area contributed by atoms with Gasteiger partial charge >= 0.3 is 0 Å². The van der Waals surface area contributed by atoms with Crippen LogP contribution in [0, 0.1) is 0 Å². The molecule has 5 heteroatoms. The van der Waals surface area contributed by atoms with Crippen LogP contribution in [0.4, 0.5) is 5.69 Å². The van der Waals surface area contributed by atoms with E-state index >= 15 is 0 Å². The number of hydrogen-bond donors (Lipinski definition) is 1. The fourth-order valence-electron chi connectivity index (χ4n) is 8.08. The summed E-state index contributed by atoms with van der Waals surface area (Å²) in [6, 6.07) is 61.0. The van der Waals surface area contributed by atoms with E-state index in [1.54, 1.807) is 0 Å². The fourth-order valence-corrected chi connectivity index (χ4v) is 8.08. The molecule has 0 amide bonds. The predicted molar refractivity (Wildman–Crippen MR) is 243 cm³/mol. The zero-order valence-electron chi connectivity index (χ0n) is 31.7. The summed E-state index contributed by atoms with van der Waals surface area (Å²) >= 11 is 0. The van der Waals surface area contributed by atoms with Gasteiger partial charge in [-0.1, -0.05) is 146 Å². The first kappa shape index (κ1) is 34.7. The van der Waals surface area contributed by atoms with Crippen LogP contribution in [0.1, 0.15) is 27.8 Å². The third-order valence-corrected chi connectivity index (χ3v) is 10.8. The molecule has 2 aliphatic rings. The Kier molecular flexibility index (Phi) is 9.01. The van der Waals surface area contributed by atoms with Crippen molar-refractivity contribution in [2.45, 2.75) is 6.54 Å². The van der Waals surface area contributed by atoms with Crippen molar-refractivity contribution in [1.82, 2.24) is 4.57 Å². The Hall–Kier alpha value is -7.76. The summed E-state index contributed by atoms with van der Waals surface area (Å²) in [7, 11) is 0. The lowest BCUT2D eigenvalue weighted by molar-refractivity contribution is 0.470. The van der Waals surface area contributed by atoms with Gasteiger partial charge in [0.1, 0.15) is 17.2 Å². The Morgan fingerprint density at radius 1 is 0.621 bits per heavy atom. The standard InChI is InChI=1S/C53H38N4O/c1-54-51(37-18-6-3-7-19-37)53-52(56-35-36-16-4-2-5-17-36)46-29-28-38(34-50(46)58-53)40-32-39-20-8-9-21-42(39)43-22-10-13-25-47(43)55-31-30-41(33-40)57-48-26-14-11-23-44(48)45-24-12-15-27-49(45)57/h2-34,55H,1,35H2/b31-30+,40-32+,41-33+,53-51+,56-52?. The number of para-hydroxylation sites is 3. The van der Waals surface area contributed by atoms with Gasteiger partial charge in [0.05, 0.1) is 17.6 Å². The Morgan fingerprint density at radius 3 is 2.03 bits per heavy atom. The van der Waals surface area contributed by atoms with Crippen LogP contribution >= 0.6 is 0 Å². The molecule has 5 nitrogen and oxygen atoms in total. The first-order valence-electron chi connectivity index (χ1n) is 19.4. The molecular weight excluding hydrogens is 709 g/mol. The van der Waals surface area contributed by atoms with Crippen LogP contribution < -0.4 is 10.1 Å². The van der Waals surface area contributed by atoms with Gasteiger partial charge in [-0.25, -0.2) is 0 Å². The molecule has 0 atom stereocenters. The molecule has 0 fully saturated rings. The van der Waals surface area contributed by atoms with E-state index in [0.717, 1.165) is 72.6 Å². The topological polar surface area (TPSA) is 50.9 Å². The minimum Gasteiger partial charge on any atom is -0.452 e. The second-order valence-electron chi connectivity index (χ2n) is 14.3. The summed E-state index contributed by atoms with van der Waals surface area (Å²) in [4.78, 5) is 9.68. The van der Waals surface area contributed by atoms with Gasteiger partial charge in [-0.15, -0.1) is 0 Å². The summed E-state index contributed by atoms with van der Waals surface area (Å²) in [6.07, 6.45) is 8.78. The van der Waals surface area contributed by atoms with Gasteiger partial charge in [-0.2, -0.15) is 0 Å². The van der Waals surface area contributed by atoms with Crippen LogP contribution in [0.3, 0.4) is 0 Å². The molecule has 0 radical (unpaired) electrons. The van der Waals surface area contributed by atoms with Gasteiger partial charge in [-0.3, -0.25) is 9.98 Å². The average Bonchev–Trinajstić information content (AvgIpc) is 3.80. The molecule has 2 aliphatic heterocycles. The number of nitrogens with zero attached hydrogens (tertiary/aromatic N) is 3. The number of hydrogen-bond acceptors (Lipinski definition) is 4. The van der Waals surface area contributed by atoms with Crippen LogP contribution in [-0.4, -0.2) is 17.0 Å². The largest absolute Gasteiger partial charge is 0.452 e. The van der Waals surface area contributed by atoms with Gasteiger partial charge in [0.15, 0.2) is 5.76 Å². The highest BCUT2D eigenvalue weighted by atomic mass is 16.5. The van der Waals surface area contributed by atoms with Crippen molar-refractivity contribution in [1.29, 1.82) is 0 Å². The molecule has 0 bridgehead atoms. The number of aliphatic imine (C=N–C) groups is 2. The SMILES string of the molecule is C=N/C(=C1/Oc2cc(C3=C/c4ccccc4-c4ccccc4N/C=C/C(n4c5ccccc5c5ccccc54)=C\3)ccc2C1=NCc1ccccc1)c1ccccc1. The van der Waals surface area contributed by atoms with Crippen LogP contribution in [0.25, 0.3) is 56.0 Å². The minimum atomic E-state index is 0.498. The van der Waals surface area contributed by atoms with E-state index in [-0.39, 0.29) is 0 Å². The maximum Gasteiger partial charge on any atom is 0.179 e. The Balaban J connectivity index is 1.20. The molecule has 0 saturated heterocycles. The third-order valence-electron chi connectivity index (χ3n) is 10.8. The van der Waals surface area contributed by atoms with Gasteiger partial charge in [0, 0.05) is 45.0 Å². The Morgan fingerprint density at radius 2 is 1.28 bits per heavy atom. The molecule has 0 aliphatic carbocycles. The van der Waals surface area contributed by atoms with E-state index in [2.05, 4.69) is 167 Å². The molecule has 1 N–H and O–H groups in total. The highest BCUT2D eigenvalue weighted by Gasteiger charge is 2.30. The van der Waals surface area contributed by atoms with Gasteiger partial charge < -0.3 is 14.6 Å². The van der Waals surface area contributed by atoms with Gasteiger partial charge in [0.2, 0.25) is 0 Å². The zero-order valence-corrected chi connectivity index (χ0v) is 31.7. The fraction of sp³-hybridized carbons (Fsp3) is 0.0189. The van der Waals surface area contributed by atoms with Gasteiger partial charge in [0.25, 0.3) is 0 Å². The maximum atomic E-state index is 6.84. The van der Waals surface area contributed by atoms with E-state index in [9.17, 15) is 0 Å². The molecule has 276 valence electrons. The molecule has 3 heterocycles. The highest BCUT2D eigenvalue weighted by molar-refractivity contribution is 6.20. The van der Waals surface area contributed by atoms with Crippen molar-refractivity contribution in [3.8, 4) is 16.9 Å². The smallest absolute Gasteiger partial charge is 0.179 e. The molecule has 0 spiro atoms. The third kappa shape index (κ3) is 6.35. The van der Waals surface area contributed by atoms with Crippen molar-refractivity contribution in [2.75, 3.05) is 5.32 Å². The van der Waals surface area contributed by atoms with Crippen LogP contribution in [0.2, 0.25) is 0 Å². The number of nitrogens with one attached hydrogen (secondary N) is 1. The van der Waals surface area contributed by atoms with Gasteiger partial charge in [-0.05, 0) is 83.1 Å². The summed E-state index contributed by atoms with van der Waals surface area (Å²) < 4.78 is 9.19. The number of fused-ring (bicyclic) bond motifs is 7. The van der Waals surface area contributed by atoms with Crippen molar-refractivity contribution in [2.24, 2.45) is 9.98 Å². The van der Waals surface area contributed by atoms with E-state index in [1.165, 1.54) is 10.8 Å². The number of benzene rings is 7. The van der Waals surface area contributed by atoms with Crippen LogP contribution in [-0.2, 0) is 6.54 Å². The number of anilines is 1. The molecule has 0 saturated carbocycles. The van der Waals surface area contributed by atoms with E-state index in [4.69, 9.17) is 9.73 Å². The van der Waals surface area contributed by atoms with Crippen molar-refractivity contribution in [3.63, 3.8) is 0 Å². The molecule has 58 heavy (non-hydrogen) atoms. The van der Waals surface area contributed by atoms with Crippen molar-refractivity contribution in [3.05, 3.63) is 228 Å².